The van der Waals surface area contributed by atoms with E-state index in [1.54, 1.807) is 18.2 Å². The fourth-order valence-electron chi connectivity index (χ4n) is 3.35. The number of carbonyl (C=O) groups excluding carboxylic acids is 1. The molecule has 2 aromatic rings. The number of hydrogen-bond acceptors (Lipinski definition) is 3. The van der Waals surface area contributed by atoms with Gasteiger partial charge >= 0.3 is 6.09 Å². The third-order valence-corrected chi connectivity index (χ3v) is 4.73. The number of H-pyrrole nitrogens is 1. The molecule has 7 nitrogen and oxygen atoms in total. The molecule has 0 spiro atoms. The number of aromatic amines is 1. The third kappa shape index (κ3) is 4.71. The fraction of sp³-hybridized carbons (Fsp3) is 0.500. The molecule has 1 aromatic heterocycles. The number of nitrogens with zero attached hydrogens (tertiary/aromatic N) is 1. The van der Waals surface area contributed by atoms with E-state index in [2.05, 4.69) is 20.6 Å². The predicted octanol–water partition coefficient (Wildman–Crippen LogP) is 3.03. The van der Waals surface area contributed by atoms with Crippen molar-refractivity contribution >= 4 is 23.0 Å². The molecule has 1 aliphatic carbocycles. The van der Waals surface area contributed by atoms with Gasteiger partial charge in [-0.15, -0.1) is 0 Å². The van der Waals surface area contributed by atoms with Crippen LogP contribution in [0.1, 0.15) is 54.7 Å². The van der Waals surface area contributed by atoms with Crippen LogP contribution in [0.4, 0.5) is 4.79 Å². The predicted molar refractivity (Wildman–Crippen MR) is 94.5 cm³/mol. The molecule has 0 unspecified atom stereocenters. The second-order valence-corrected chi connectivity index (χ2v) is 6.64. The Bertz CT molecular complexity index is 748. The lowest BCUT2D eigenvalue weighted by Gasteiger charge is -2.14. The largest absolute Gasteiger partial charge is 0.465 e. The summed E-state index contributed by atoms with van der Waals surface area (Å²) >= 11 is 0. The highest BCUT2D eigenvalue weighted by Gasteiger charge is 2.15. The molecule has 1 saturated carbocycles. The maximum atomic E-state index is 12.4. The molecule has 25 heavy (non-hydrogen) atoms. The average Bonchev–Trinajstić information content (AvgIpc) is 2.82. The number of fused-ring (bicyclic) bond motifs is 1. The Morgan fingerprint density at radius 1 is 1.16 bits per heavy atom. The summed E-state index contributed by atoms with van der Waals surface area (Å²) in [6.07, 6.45) is 6.42. The molecule has 0 saturated heterocycles. The van der Waals surface area contributed by atoms with Crippen LogP contribution >= 0.6 is 0 Å². The van der Waals surface area contributed by atoms with Gasteiger partial charge in [0.25, 0.3) is 5.91 Å². The van der Waals surface area contributed by atoms with Gasteiger partial charge in [-0.05, 0) is 37.0 Å². The quantitative estimate of drug-likeness (QED) is 0.625. The number of hydrogen-bond donors (Lipinski definition) is 4. The molecule has 1 fully saturated rings. The summed E-state index contributed by atoms with van der Waals surface area (Å²) in [7, 11) is 0. The second kappa shape index (κ2) is 8.00. The van der Waals surface area contributed by atoms with E-state index >= 15 is 0 Å². The lowest BCUT2D eigenvalue weighted by atomic mass is 10.0. The number of nitrogens with one attached hydrogen (secondary N) is 3. The minimum atomic E-state index is -1.10. The van der Waals surface area contributed by atoms with Crippen LogP contribution in [0.25, 0.3) is 11.0 Å². The summed E-state index contributed by atoms with van der Waals surface area (Å²) < 4.78 is 0. The van der Waals surface area contributed by atoms with E-state index in [1.807, 2.05) is 0 Å². The number of amides is 2. The topological polar surface area (TPSA) is 107 Å². The van der Waals surface area contributed by atoms with Gasteiger partial charge in [-0.3, -0.25) is 4.79 Å². The van der Waals surface area contributed by atoms with Crippen molar-refractivity contribution in [2.24, 2.45) is 5.92 Å². The number of rotatable bonds is 5. The van der Waals surface area contributed by atoms with E-state index in [9.17, 15) is 9.59 Å². The van der Waals surface area contributed by atoms with Crippen LogP contribution in [-0.2, 0) is 6.54 Å². The molecular weight excluding hydrogens is 320 g/mol. The SMILES string of the molecule is O=C(O)NCc1nc2ccc(C(=O)NCC3CCCCCC3)cc2[nH]1. The molecule has 0 radical (unpaired) electrons. The van der Waals surface area contributed by atoms with Gasteiger partial charge in [-0.1, -0.05) is 25.7 Å². The highest BCUT2D eigenvalue weighted by molar-refractivity contribution is 5.97. The first-order valence-electron chi connectivity index (χ1n) is 8.85. The first kappa shape index (κ1) is 17.3. The van der Waals surface area contributed by atoms with Gasteiger partial charge < -0.3 is 20.7 Å². The Morgan fingerprint density at radius 3 is 2.64 bits per heavy atom. The maximum Gasteiger partial charge on any atom is 0.405 e. The Kier molecular flexibility index (Phi) is 5.53. The monoisotopic (exact) mass is 344 g/mol. The van der Waals surface area contributed by atoms with Gasteiger partial charge in [0.05, 0.1) is 17.6 Å². The summed E-state index contributed by atoms with van der Waals surface area (Å²) in [5.41, 5.74) is 2.02. The van der Waals surface area contributed by atoms with Crippen molar-refractivity contribution < 1.29 is 14.7 Å². The van der Waals surface area contributed by atoms with Gasteiger partial charge in [-0.2, -0.15) is 0 Å². The van der Waals surface area contributed by atoms with Crippen molar-refractivity contribution in [2.45, 2.75) is 45.1 Å². The van der Waals surface area contributed by atoms with Crippen LogP contribution in [-0.4, -0.2) is 33.6 Å². The number of benzene rings is 1. The van der Waals surface area contributed by atoms with Gasteiger partial charge in [0.1, 0.15) is 5.82 Å². The van der Waals surface area contributed by atoms with Crippen molar-refractivity contribution in [2.75, 3.05) is 6.54 Å². The molecule has 0 aliphatic heterocycles. The third-order valence-electron chi connectivity index (χ3n) is 4.73. The van der Waals surface area contributed by atoms with Gasteiger partial charge in [-0.25, -0.2) is 9.78 Å². The molecule has 2 amide bonds. The lowest BCUT2D eigenvalue weighted by Crippen LogP contribution is -2.29. The summed E-state index contributed by atoms with van der Waals surface area (Å²) in [5.74, 6) is 1.02. The van der Waals surface area contributed by atoms with Crippen molar-refractivity contribution in [1.29, 1.82) is 0 Å². The first-order valence-corrected chi connectivity index (χ1v) is 8.85. The van der Waals surface area contributed by atoms with Crippen LogP contribution in [0, 0.1) is 5.92 Å². The van der Waals surface area contributed by atoms with E-state index in [-0.39, 0.29) is 12.5 Å². The van der Waals surface area contributed by atoms with E-state index in [1.165, 1.54) is 38.5 Å². The lowest BCUT2D eigenvalue weighted by molar-refractivity contribution is 0.0946. The molecule has 1 aromatic carbocycles. The molecule has 1 heterocycles. The minimum Gasteiger partial charge on any atom is -0.465 e. The van der Waals surface area contributed by atoms with Crippen LogP contribution in [0.3, 0.4) is 0 Å². The highest BCUT2D eigenvalue weighted by atomic mass is 16.4. The number of aromatic nitrogens is 2. The zero-order chi connectivity index (χ0) is 17.6. The molecule has 7 heteroatoms. The summed E-state index contributed by atoms with van der Waals surface area (Å²) in [4.78, 5) is 30.3. The highest BCUT2D eigenvalue weighted by Crippen LogP contribution is 2.22. The minimum absolute atomic E-state index is 0.0778. The van der Waals surface area contributed by atoms with Gasteiger partial charge in [0.2, 0.25) is 0 Å². The van der Waals surface area contributed by atoms with E-state index in [0.717, 1.165) is 12.1 Å². The van der Waals surface area contributed by atoms with Crippen LogP contribution in [0.5, 0.6) is 0 Å². The molecule has 1 aliphatic rings. The molecule has 0 bridgehead atoms. The Balaban J connectivity index is 1.61. The average molecular weight is 344 g/mol. The summed E-state index contributed by atoms with van der Waals surface area (Å²) in [6.45, 7) is 0.834. The molecule has 4 N–H and O–H groups in total. The zero-order valence-electron chi connectivity index (χ0n) is 14.2. The maximum absolute atomic E-state index is 12.4. The van der Waals surface area contributed by atoms with E-state index in [0.29, 0.717) is 22.8 Å². The van der Waals surface area contributed by atoms with Gasteiger partial charge in [0.15, 0.2) is 0 Å². The standard InChI is InChI=1S/C18H24N4O3/c23-17(19-10-12-5-3-1-2-4-6-12)13-7-8-14-15(9-13)22-16(21-14)11-20-18(24)25/h7-9,12,20H,1-6,10-11H2,(H,19,23)(H,21,22)(H,24,25). The van der Waals surface area contributed by atoms with Crippen LogP contribution < -0.4 is 10.6 Å². The smallest absolute Gasteiger partial charge is 0.405 e. The van der Waals surface area contributed by atoms with Crippen LogP contribution in [0.15, 0.2) is 18.2 Å². The molecule has 0 atom stereocenters. The number of carboxylic acid groups (broad SMARTS) is 1. The second-order valence-electron chi connectivity index (χ2n) is 6.64. The fourth-order valence-corrected chi connectivity index (χ4v) is 3.35. The summed E-state index contributed by atoms with van der Waals surface area (Å²) in [6, 6.07) is 5.28. The van der Waals surface area contributed by atoms with E-state index in [4.69, 9.17) is 5.11 Å². The Labute approximate surface area is 146 Å². The summed E-state index contributed by atoms with van der Waals surface area (Å²) in [5, 5.41) is 14.0. The van der Waals surface area contributed by atoms with Crippen molar-refractivity contribution in [3.8, 4) is 0 Å². The molecular formula is C18H24N4O3. The van der Waals surface area contributed by atoms with Gasteiger partial charge in [0, 0.05) is 12.1 Å². The Morgan fingerprint density at radius 2 is 1.92 bits per heavy atom. The van der Waals surface area contributed by atoms with Crippen molar-refractivity contribution in [1.82, 2.24) is 20.6 Å². The zero-order valence-corrected chi connectivity index (χ0v) is 14.2. The first-order chi connectivity index (χ1) is 12.1. The number of carbonyl (C=O) groups is 2. The van der Waals surface area contributed by atoms with Crippen molar-refractivity contribution in [3.05, 3.63) is 29.6 Å². The molecule has 134 valence electrons. The molecule has 3 rings (SSSR count). The van der Waals surface area contributed by atoms with Crippen molar-refractivity contribution in [3.63, 3.8) is 0 Å². The van der Waals surface area contributed by atoms with Crippen LogP contribution in [0.2, 0.25) is 0 Å². The number of imidazole rings is 1. The normalized spacial score (nSPS) is 15.7. The van der Waals surface area contributed by atoms with E-state index < -0.39 is 6.09 Å². The Hall–Kier alpha value is -2.57.